The predicted molar refractivity (Wildman–Crippen MR) is 90.0 cm³/mol. The number of hydrogen-bond acceptors (Lipinski definition) is 2. The summed E-state index contributed by atoms with van der Waals surface area (Å²) in [5.41, 5.74) is 2.60. The Kier molecular flexibility index (Phi) is 8.40. The molecule has 2 N–H and O–H groups in total. The van der Waals surface area contributed by atoms with Crippen LogP contribution >= 0.6 is 12.4 Å². The lowest BCUT2D eigenvalue weighted by atomic mass is 9.99. The first-order chi connectivity index (χ1) is 9.78. The van der Waals surface area contributed by atoms with Crippen molar-refractivity contribution in [2.75, 3.05) is 19.6 Å². The lowest BCUT2D eigenvalue weighted by Crippen LogP contribution is -2.38. The van der Waals surface area contributed by atoms with E-state index in [4.69, 9.17) is 0 Å². The average Bonchev–Trinajstić information content (AvgIpc) is 2.52. The zero-order valence-electron chi connectivity index (χ0n) is 12.9. The van der Waals surface area contributed by atoms with Crippen LogP contribution in [0.2, 0.25) is 0 Å². The Morgan fingerprint density at radius 2 is 2.00 bits per heavy atom. The van der Waals surface area contributed by atoms with Crippen molar-refractivity contribution in [1.29, 1.82) is 0 Å². The van der Waals surface area contributed by atoms with Gasteiger partial charge in [0.15, 0.2) is 0 Å². The topological polar surface area (TPSA) is 41.1 Å². The Bertz CT molecular complexity index is 413. The van der Waals surface area contributed by atoms with Crippen LogP contribution < -0.4 is 10.6 Å². The number of carbonyl (C=O) groups is 1. The highest BCUT2D eigenvalue weighted by atomic mass is 35.5. The van der Waals surface area contributed by atoms with Crippen molar-refractivity contribution < 1.29 is 4.79 Å². The molecule has 1 aromatic carbocycles. The number of amides is 1. The SMILES string of the molecule is CCc1ccc(CCC(=O)NCC2CCCNC2)cc1.Cl. The molecular formula is C17H27ClN2O. The number of nitrogens with one attached hydrogen (secondary N) is 2. The largest absolute Gasteiger partial charge is 0.356 e. The second kappa shape index (κ2) is 9.80. The summed E-state index contributed by atoms with van der Waals surface area (Å²) >= 11 is 0. The maximum atomic E-state index is 11.9. The van der Waals surface area contributed by atoms with Crippen LogP contribution in [0, 0.1) is 5.92 Å². The second-order valence-electron chi connectivity index (χ2n) is 5.69. The smallest absolute Gasteiger partial charge is 0.220 e. The number of aryl methyl sites for hydroxylation is 2. The van der Waals surface area contributed by atoms with Gasteiger partial charge in [0.1, 0.15) is 0 Å². The molecule has 1 unspecified atom stereocenters. The number of halogens is 1. The molecule has 1 atom stereocenters. The summed E-state index contributed by atoms with van der Waals surface area (Å²) < 4.78 is 0. The van der Waals surface area contributed by atoms with E-state index < -0.39 is 0 Å². The molecule has 1 saturated heterocycles. The van der Waals surface area contributed by atoms with Gasteiger partial charge in [-0.05, 0) is 55.8 Å². The number of carbonyl (C=O) groups excluding carboxylic acids is 1. The monoisotopic (exact) mass is 310 g/mol. The summed E-state index contributed by atoms with van der Waals surface area (Å²) in [5.74, 6) is 0.784. The third kappa shape index (κ3) is 6.49. The first-order valence-electron chi connectivity index (χ1n) is 7.83. The van der Waals surface area contributed by atoms with Gasteiger partial charge >= 0.3 is 0 Å². The van der Waals surface area contributed by atoms with E-state index in [0.29, 0.717) is 12.3 Å². The molecule has 0 saturated carbocycles. The number of rotatable bonds is 6. The van der Waals surface area contributed by atoms with Gasteiger partial charge in [-0.3, -0.25) is 4.79 Å². The molecule has 2 rings (SSSR count). The van der Waals surface area contributed by atoms with E-state index in [1.54, 1.807) is 0 Å². The molecule has 0 radical (unpaired) electrons. The van der Waals surface area contributed by atoms with Crippen LogP contribution in [0.5, 0.6) is 0 Å². The van der Waals surface area contributed by atoms with Crippen LogP contribution in [0.15, 0.2) is 24.3 Å². The Hall–Kier alpha value is -1.06. The molecule has 1 aliphatic rings. The molecule has 0 bridgehead atoms. The van der Waals surface area contributed by atoms with Crippen LogP contribution in [-0.4, -0.2) is 25.5 Å². The normalized spacial score (nSPS) is 17.9. The molecule has 118 valence electrons. The molecule has 1 amide bonds. The van der Waals surface area contributed by atoms with E-state index in [1.165, 1.54) is 24.0 Å². The lowest BCUT2D eigenvalue weighted by molar-refractivity contribution is -0.121. The van der Waals surface area contributed by atoms with Crippen LogP contribution in [-0.2, 0) is 17.6 Å². The van der Waals surface area contributed by atoms with Crippen LogP contribution in [0.3, 0.4) is 0 Å². The molecule has 4 heteroatoms. The lowest BCUT2D eigenvalue weighted by Gasteiger charge is -2.22. The number of hydrogen-bond donors (Lipinski definition) is 2. The van der Waals surface area contributed by atoms with Gasteiger partial charge < -0.3 is 10.6 Å². The van der Waals surface area contributed by atoms with Gasteiger partial charge in [0, 0.05) is 13.0 Å². The Balaban J connectivity index is 0.00000220. The predicted octanol–water partition coefficient (Wildman–Crippen LogP) is 2.72. The maximum absolute atomic E-state index is 11.9. The Morgan fingerprint density at radius 3 is 2.62 bits per heavy atom. The van der Waals surface area contributed by atoms with Gasteiger partial charge in [-0.15, -0.1) is 12.4 Å². The average molecular weight is 311 g/mol. The summed E-state index contributed by atoms with van der Waals surface area (Å²) in [4.78, 5) is 11.9. The minimum atomic E-state index is 0. The van der Waals surface area contributed by atoms with E-state index in [-0.39, 0.29) is 18.3 Å². The minimum Gasteiger partial charge on any atom is -0.356 e. The molecular weight excluding hydrogens is 284 g/mol. The van der Waals surface area contributed by atoms with E-state index in [2.05, 4.69) is 41.8 Å². The minimum absolute atomic E-state index is 0. The fraction of sp³-hybridized carbons (Fsp3) is 0.588. The molecule has 3 nitrogen and oxygen atoms in total. The molecule has 0 spiro atoms. The highest BCUT2D eigenvalue weighted by molar-refractivity contribution is 5.85. The molecule has 1 fully saturated rings. The zero-order chi connectivity index (χ0) is 14.2. The van der Waals surface area contributed by atoms with E-state index in [0.717, 1.165) is 32.5 Å². The van der Waals surface area contributed by atoms with Crippen molar-refractivity contribution in [2.24, 2.45) is 5.92 Å². The molecule has 1 aromatic rings. The van der Waals surface area contributed by atoms with Gasteiger partial charge in [-0.25, -0.2) is 0 Å². The summed E-state index contributed by atoms with van der Waals surface area (Å²) in [7, 11) is 0. The molecule has 1 aliphatic heterocycles. The fourth-order valence-corrected chi connectivity index (χ4v) is 2.64. The van der Waals surface area contributed by atoms with Crippen LogP contribution in [0.4, 0.5) is 0 Å². The van der Waals surface area contributed by atoms with Crippen molar-refractivity contribution in [1.82, 2.24) is 10.6 Å². The maximum Gasteiger partial charge on any atom is 0.220 e. The highest BCUT2D eigenvalue weighted by Gasteiger charge is 2.13. The zero-order valence-corrected chi connectivity index (χ0v) is 13.7. The Morgan fingerprint density at radius 1 is 1.29 bits per heavy atom. The van der Waals surface area contributed by atoms with E-state index >= 15 is 0 Å². The first-order valence-corrected chi connectivity index (χ1v) is 7.83. The summed E-state index contributed by atoms with van der Waals surface area (Å²) in [6, 6.07) is 8.58. The third-order valence-corrected chi connectivity index (χ3v) is 4.06. The van der Waals surface area contributed by atoms with Gasteiger partial charge in [0.25, 0.3) is 0 Å². The second-order valence-corrected chi connectivity index (χ2v) is 5.69. The summed E-state index contributed by atoms with van der Waals surface area (Å²) in [5, 5.41) is 6.44. The van der Waals surface area contributed by atoms with Gasteiger partial charge in [-0.2, -0.15) is 0 Å². The first kappa shape index (κ1) is 18.0. The number of piperidine rings is 1. The standard InChI is InChI=1S/C17H26N2O.ClH/c1-2-14-5-7-15(8-6-14)9-10-17(20)19-13-16-4-3-11-18-12-16;/h5-8,16,18H,2-4,9-13H2,1H3,(H,19,20);1H. The van der Waals surface area contributed by atoms with Crippen molar-refractivity contribution in [3.8, 4) is 0 Å². The van der Waals surface area contributed by atoms with Gasteiger partial charge in [0.05, 0.1) is 0 Å². The van der Waals surface area contributed by atoms with E-state index in [9.17, 15) is 4.79 Å². The molecule has 1 heterocycles. The van der Waals surface area contributed by atoms with Crippen molar-refractivity contribution in [3.63, 3.8) is 0 Å². The molecule has 0 aromatic heterocycles. The van der Waals surface area contributed by atoms with Crippen molar-refractivity contribution in [3.05, 3.63) is 35.4 Å². The summed E-state index contributed by atoms with van der Waals surface area (Å²) in [6.45, 7) is 5.14. The van der Waals surface area contributed by atoms with Crippen LogP contribution in [0.1, 0.15) is 37.3 Å². The molecule has 0 aliphatic carbocycles. The van der Waals surface area contributed by atoms with Gasteiger partial charge in [0.2, 0.25) is 5.91 Å². The highest BCUT2D eigenvalue weighted by Crippen LogP contribution is 2.09. The quantitative estimate of drug-likeness (QED) is 0.848. The summed E-state index contributed by atoms with van der Waals surface area (Å²) in [6.07, 6.45) is 4.94. The van der Waals surface area contributed by atoms with Gasteiger partial charge in [-0.1, -0.05) is 31.2 Å². The fourth-order valence-electron chi connectivity index (χ4n) is 2.64. The number of benzene rings is 1. The Labute approximate surface area is 134 Å². The van der Waals surface area contributed by atoms with Crippen LogP contribution in [0.25, 0.3) is 0 Å². The van der Waals surface area contributed by atoms with Crippen molar-refractivity contribution in [2.45, 2.75) is 39.0 Å². The van der Waals surface area contributed by atoms with E-state index in [1.807, 2.05) is 0 Å². The van der Waals surface area contributed by atoms with Crippen molar-refractivity contribution >= 4 is 18.3 Å². The molecule has 21 heavy (non-hydrogen) atoms. The third-order valence-electron chi connectivity index (χ3n) is 4.06.